The predicted molar refractivity (Wildman–Crippen MR) is 97.7 cm³/mol. The molecule has 7 heteroatoms. The summed E-state index contributed by atoms with van der Waals surface area (Å²) in [6, 6.07) is 4.08. The molecule has 1 saturated heterocycles. The molecule has 0 amide bonds. The summed E-state index contributed by atoms with van der Waals surface area (Å²) in [5.74, 6) is 0.968. The molecular formula is C18H28N6O. The Bertz CT molecular complexity index is 696. The van der Waals surface area contributed by atoms with Gasteiger partial charge in [-0.3, -0.25) is 9.58 Å². The van der Waals surface area contributed by atoms with Crippen molar-refractivity contribution < 1.29 is 5.11 Å². The number of aliphatic hydroxyl groups is 1. The number of hydrogen-bond donors (Lipinski definition) is 1. The van der Waals surface area contributed by atoms with E-state index in [1.54, 1.807) is 0 Å². The summed E-state index contributed by atoms with van der Waals surface area (Å²) in [5.41, 5.74) is 4.47. The highest BCUT2D eigenvalue weighted by atomic mass is 16.3. The van der Waals surface area contributed by atoms with E-state index in [0.717, 1.165) is 62.0 Å². The third-order valence-electron chi connectivity index (χ3n) is 4.92. The van der Waals surface area contributed by atoms with Gasteiger partial charge in [0.25, 0.3) is 0 Å². The van der Waals surface area contributed by atoms with E-state index in [-0.39, 0.29) is 6.61 Å². The second-order valence-corrected chi connectivity index (χ2v) is 6.75. The van der Waals surface area contributed by atoms with Gasteiger partial charge >= 0.3 is 0 Å². The van der Waals surface area contributed by atoms with Gasteiger partial charge in [-0.2, -0.15) is 10.2 Å². The Morgan fingerprint density at radius 3 is 2.60 bits per heavy atom. The van der Waals surface area contributed by atoms with Crippen molar-refractivity contribution in [1.29, 1.82) is 0 Å². The first-order valence-corrected chi connectivity index (χ1v) is 9.00. The third kappa shape index (κ3) is 4.16. The topological polar surface area (TPSA) is 70.3 Å². The fourth-order valence-electron chi connectivity index (χ4n) is 3.42. The minimum atomic E-state index is 0.123. The lowest BCUT2D eigenvalue weighted by Gasteiger charge is -2.22. The molecule has 1 fully saturated rings. The molecule has 1 aliphatic rings. The van der Waals surface area contributed by atoms with E-state index in [2.05, 4.69) is 45.0 Å². The van der Waals surface area contributed by atoms with Gasteiger partial charge in [-0.15, -0.1) is 5.10 Å². The Kier molecular flexibility index (Phi) is 5.65. The molecule has 136 valence electrons. The molecule has 0 radical (unpaired) electrons. The molecule has 25 heavy (non-hydrogen) atoms. The van der Waals surface area contributed by atoms with E-state index in [9.17, 15) is 0 Å². The minimum absolute atomic E-state index is 0.123. The van der Waals surface area contributed by atoms with Crippen LogP contribution in [-0.2, 0) is 13.1 Å². The first-order valence-electron chi connectivity index (χ1n) is 9.00. The van der Waals surface area contributed by atoms with Gasteiger partial charge in [0.05, 0.1) is 24.5 Å². The maximum Gasteiger partial charge on any atom is 0.151 e. The van der Waals surface area contributed by atoms with Crippen LogP contribution in [-0.4, -0.2) is 62.8 Å². The highest BCUT2D eigenvalue weighted by Gasteiger charge is 2.19. The van der Waals surface area contributed by atoms with Crippen LogP contribution in [0.25, 0.3) is 0 Å². The molecule has 0 atom stereocenters. The second-order valence-electron chi connectivity index (χ2n) is 6.75. The van der Waals surface area contributed by atoms with Gasteiger partial charge in [0, 0.05) is 44.0 Å². The Morgan fingerprint density at radius 2 is 1.88 bits per heavy atom. The van der Waals surface area contributed by atoms with Crippen molar-refractivity contribution in [3.05, 3.63) is 34.8 Å². The van der Waals surface area contributed by atoms with Gasteiger partial charge in [-0.1, -0.05) is 0 Å². The van der Waals surface area contributed by atoms with Gasteiger partial charge in [0.1, 0.15) is 0 Å². The quantitative estimate of drug-likeness (QED) is 0.882. The number of nitrogens with zero attached hydrogens (tertiary/aromatic N) is 6. The van der Waals surface area contributed by atoms with Crippen LogP contribution < -0.4 is 4.90 Å². The molecule has 7 nitrogen and oxygen atoms in total. The van der Waals surface area contributed by atoms with Gasteiger partial charge < -0.3 is 10.0 Å². The van der Waals surface area contributed by atoms with Crippen LogP contribution in [0.2, 0.25) is 0 Å². The zero-order valence-corrected chi connectivity index (χ0v) is 15.4. The second kappa shape index (κ2) is 7.93. The normalized spacial score (nSPS) is 16.2. The molecule has 2 aromatic heterocycles. The number of anilines is 1. The summed E-state index contributed by atoms with van der Waals surface area (Å²) in [5, 5.41) is 22.2. The van der Waals surface area contributed by atoms with Crippen molar-refractivity contribution in [2.24, 2.45) is 0 Å². The first kappa shape index (κ1) is 17.8. The average Bonchev–Trinajstić information content (AvgIpc) is 2.78. The number of aromatic nitrogens is 4. The molecule has 2 aromatic rings. The lowest BCUT2D eigenvalue weighted by Crippen LogP contribution is -2.31. The van der Waals surface area contributed by atoms with Crippen molar-refractivity contribution in [3.63, 3.8) is 0 Å². The smallest absolute Gasteiger partial charge is 0.151 e. The summed E-state index contributed by atoms with van der Waals surface area (Å²) in [7, 11) is 0. The summed E-state index contributed by atoms with van der Waals surface area (Å²) in [6.45, 7) is 11.7. The minimum Gasteiger partial charge on any atom is -0.394 e. The zero-order chi connectivity index (χ0) is 17.8. The Morgan fingerprint density at radius 1 is 1.04 bits per heavy atom. The van der Waals surface area contributed by atoms with Gasteiger partial charge in [0.15, 0.2) is 5.82 Å². The molecule has 1 aliphatic heterocycles. The molecule has 0 spiro atoms. The number of aryl methyl sites for hydroxylation is 2. The number of hydrogen-bond acceptors (Lipinski definition) is 6. The first-order chi connectivity index (χ1) is 12.1. The molecule has 0 unspecified atom stereocenters. The number of rotatable bonds is 5. The van der Waals surface area contributed by atoms with Crippen molar-refractivity contribution in [2.45, 2.75) is 40.3 Å². The Hall–Kier alpha value is -1.99. The molecule has 3 heterocycles. The molecule has 0 saturated carbocycles. The predicted octanol–water partition coefficient (Wildman–Crippen LogP) is 1.30. The summed E-state index contributed by atoms with van der Waals surface area (Å²) in [6.07, 6.45) is 1.11. The summed E-state index contributed by atoms with van der Waals surface area (Å²) in [4.78, 5) is 4.81. The molecule has 0 aromatic carbocycles. The van der Waals surface area contributed by atoms with E-state index in [0.29, 0.717) is 6.54 Å². The van der Waals surface area contributed by atoms with Crippen LogP contribution in [0.1, 0.15) is 29.1 Å². The van der Waals surface area contributed by atoms with E-state index in [1.165, 1.54) is 5.56 Å². The highest BCUT2D eigenvalue weighted by Crippen LogP contribution is 2.18. The van der Waals surface area contributed by atoms with Crippen molar-refractivity contribution in [2.75, 3.05) is 37.7 Å². The Balaban J connectivity index is 1.65. The van der Waals surface area contributed by atoms with Crippen molar-refractivity contribution in [1.82, 2.24) is 24.9 Å². The average molecular weight is 344 g/mol. The largest absolute Gasteiger partial charge is 0.394 e. The SMILES string of the molecule is Cc1ccc(N2CCCN(Cc3c(C)nn(CCO)c3C)CC2)nn1. The molecule has 0 bridgehead atoms. The van der Waals surface area contributed by atoms with Crippen LogP contribution in [0.3, 0.4) is 0 Å². The van der Waals surface area contributed by atoms with Crippen LogP contribution in [0.5, 0.6) is 0 Å². The summed E-state index contributed by atoms with van der Waals surface area (Å²) < 4.78 is 1.91. The highest BCUT2D eigenvalue weighted by molar-refractivity contribution is 5.37. The van der Waals surface area contributed by atoms with Gasteiger partial charge in [-0.05, 0) is 39.3 Å². The Labute approximate surface area is 149 Å². The molecule has 3 rings (SSSR count). The van der Waals surface area contributed by atoms with Gasteiger partial charge in [0.2, 0.25) is 0 Å². The molecular weight excluding hydrogens is 316 g/mol. The van der Waals surface area contributed by atoms with Gasteiger partial charge in [-0.25, -0.2) is 0 Å². The van der Waals surface area contributed by atoms with E-state index in [1.807, 2.05) is 17.7 Å². The third-order valence-corrected chi connectivity index (χ3v) is 4.92. The monoisotopic (exact) mass is 344 g/mol. The van der Waals surface area contributed by atoms with Crippen LogP contribution >= 0.6 is 0 Å². The fraction of sp³-hybridized carbons (Fsp3) is 0.611. The van der Waals surface area contributed by atoms with E-state index < -0.39 is 0 Å². The van der Waals surface area contributed by atoms with Crippen molar-refractivity contribution >= 4 is 5.82 Å². The zero-order valence-electron chi connectivity index (χ0n) is 15.4. The molecule has 1 N–H and O–H groups in total. The van der Waals surface area contributed by atoms with Crippen molar-refractivity contribution in [3.8, 4) is 0 Å². The maximum atomic E-state index is 9.17. The standard InChI is InChI=1S/C18H28N6O/c1-14-5-6-18(20-19-14)23-8-4-7-22(9-10-23)13-17-15(2)21-24(11-12-25)16(17)3/h5-6,25H,4,7-13H2,1-3H3. The summed E-state index contributed by atoms with van der Waals surface area (Å²) >= 11 is 0. The van der Waals surface area contributed by atoms with E-state index in [4.69, 9.17) is 5.11 Å². The van der Waals surface area contributed by atoms with Crippen LogP contribution in [0, 0.1) is 20.8 Å². The number of aliphatic hydroxyl groups excluding tert-OH is 1. The van der Waals surface area contributed by atoms with E-state index >= 15 is 0 Å². The maximum absolute atomic E-state index is 9.17. The van der Waals surface area contributed by atoms with Crippen LogP contribution in [0.15, 0.2) is 12.1 Å². The fourth-order valence-corrected chi connectivity index (χ4v) is 3.42. The lowest BCUT2D eigenvalue weighted by molar-refractivity contribution is 0.267. The van der Waals surface area contributed by atoms with Crippen LogP contribution in [0.4, 0.5) is 5.82 Å². The lowest BCUT2D eigenvalue weighted by atomic mass is 10.2. The molecule has 0 aliphatic carbocycles.